The summed E-state index contributed by atoms with van der Waals surface area (Å²) in [4.78, 5) is 0. The molecule has 0 saturated carbocycles. The standard InChI is InChI=1S/C11H14O4/c1-2-15-11(13,14)10-5-3-9(4-6-10)7-8-12/h2-6,12-14H,1,7-8H2. The third kappa shape index (κ3) is 3.06. The Balaban J connectivity index is 2.83. The SMILES string of the molecule is C=COC(O)(O)c1ccc(CCO)cc1. The summed E-state index contributed by atoms with van der Waals surface area (Å²) in [6.07, 6.45) is 1.49. The van der Waals surface area contributed by atoms with Crippen LogP contribution < -0.4 is 0 Å². The van der Waals surface area contributed by atoms with Crippen LogP contribution in [0, 0.1) is 0 Å². The zero-order chi connectivity index (χ0) is 11.3. The molecular weight excluding hydrogens is 196 g/mol. The highest BCUT2D eigenvalue weighted by Gasteiger charge is 2.26. The monoisotopic (exact) mass is 210 g/mol. The minimum absolute atomic E-state index is 0.0614. The molecule has 4 nitrogen and oxygen atoms in total. The molecule has 82 valence electrons. The quantitative estimate of drug-likeness (QED) is 0.488. The molecule has 4 heteroatoms. The first-order valence-electron chi connectivity index (χ1n) is 4.54. The lowest BCUT2D eigenvalue weighted by molar-refractivity contribution is -0.325. The van der Waals surface area contributed by atoms with E-state index < -0.39 is 5.97 Å². The van der Waals surface area contributed by atoms with E-state index in [1.165, 1.54) is 12.1 Å². The topological polar surface area (TPSA) is 69.9 Å². The number of rotatable bonds is 5. The van der Waals surface area contributed by atoms with E-state index in [4.69, 9.17) is 5.11 Å². The molecule has 0 spiro atoms. The first-order valence-corrected chi connectivity index (χ1v) is 4.54. The van der Waals surface area contributed by atoms with Gasteiger partial charge in [-0.25, -0.2) is 0 Å². The number of benzene rings is 1. The normalized spacial score (nSPS) is 11.1. The summed E-state index contributed by atoms with van der Waals surface area (Å²) in [6, 6.07) is 6.43. The molecule has 0 radical (unpaired) electrons. The number of aliphatic hydroxyl groups is 3. The molecule has 0 bridgehead atoms. The van der Waals surface area contributed by atoms with Gasteiger partial charge in [-0.2, -0.15) is 0 Å². The second-order valence-corrected chi connectivity index (χ2v) is 3.06. The summed E-state index contributed by atoms with van der Waals surface area (Å²) in [6.45, 7) is 3.30. The smallest absolute Gasteiger partial charge is 0.350 e. The second kappa shape index (κ2) is 4.93. The average molecular weight is 210 g/mol. The predicted octanol–water partition coefficient (Wildman–Crippen LogP) is 0.476. The molecule has 0 saturated heterocycles. The molecule has 0 aliphatic rings. The van der Waals surface area contributed by atoms with Gasteiger partial charge in [0.05, 0.1) is 11.8 Å². The van der Waals surface area contributed by atoms with E-state index in [0.29, 0.717) is 6.42 Å². The molecule has 1 aromatic carbocycles. The minimum atomic E-state index is -2.35. The van der Waals surface area contributed by atoms with Gasteiger partial charge in [0.2, 0.25) is 0 Å². The third-order valence-electron chi connectivity index (χ3n) is 1.98. The molecular formula is C11H14O4. The molecule has 1 rings (SSSR count). The van der Waals surface area contributed by atoms with Crippen LogP contribution in [-0.2, 0) is 17.1 Å². The highest BCUT2D eigenvalue weighted by molar-refractivity contribution is 5.24. The Hall–Kier alpha value is -1.36. The molecule has 0 heterocycles. The van der Waals surface area contributed by atoms with Gasteiger partial charge in [0.1, 0.15) is 0 Å². The van der Waals surface area contributed by atoms with E-state index in [-0.39, 0.29) is 12.2 Å². The Morgan fingerprint density at radius 1 is 1.27 bits per heavy atom. The summed E-state index contributed by atoms with van der Waals surface area (Å²) in [7, 11) is 0. The van der Waals surface area contributed by atoms with Crippen LogP contribution in [0.4, 0.5) is 0 Å². The molecule has 15 heavy (non-hydrogen) atoms. The summed E-state index contributed by atoms with van der Waals surface area (Å²) < 4.78 is 4.54. The van der Waals surface area contributed by atoms with E-state index in [1.807, 2.05) is 0 Å². The van der Waals surface area contributed by atoms with Gasteiger partial charge in [-0.3, -0.25) is 0 Å². The van der Waals surface area contributed by atoms with Crippen molar-refractivity contribution in [2.45, 2.75) is 12.4 Å². The van der Waals surface area contributed by atoms with Crippen molar-refractivity contribution in [3.8, 4) is 0 Å². The Bertz CT molecular complexity index is 316. The average Bonchev–Trinajstić information content (AvgIpc) is 2.19. The lowest BCUT2D eigenvalue weighted by atomic mass is 10.1. The van der Waals surface area contributed by atoms with Crippen molar-refractivity contribution >= 4 is 0 Å². The van der Waals surface area contributed by atoms with Crippen LogP contribution in [-0.4, -0.2) is 21.9 Å². The second-order valence-electron chi connectivity index (χ2n) is 3.06. The summed E-state index contributed by atoms with van der Waals surface area (Å²) in [5.41, 5.74) is 1.12. The summed E-state index contributed by atoms with van der Waals surface area (Å²) in [5.74, 6) is -2.35. The number of ether oxygens (including phenoxy) is 1. The van der Waals surface area contributed by atoms with Crippen molar-refractivity contribution in [1.29, 1.82) is 0 Å². The van der Waals surface area contributed by atoms with Crippen LogP contribution in [0.1, 0.15) is 11.1 Å². The first-order chi connectivity index (χ1) is 7.10. The van der Waals surface area contributed by atoms with Crippen molar-refractivity contribution in [3.05, 3.63) is 48.2 Å². The van der Waals surface area contributed by atoms with Crippen LogP contribution in [0.2, 0.25) is 0 Å². The largest absolute Gasteiger partial charge is 0.444 e. The van der Waals surface area contributed by atoms with Crippen LogP contribution in [0.5, 0.6) is 0 Å². The summed E-state index contributed by atoms with van der Waals surface area (Å²) >= 11 is 0. The molecule has 0 aliphatic carbocycles. The van der Waals surface area contributed by atoms with E-state index in [2.05, 4.69) is 11.3 Å². The predicted molar refractivity (Wildman–Crippen MR) is 54.6 cm³/mol. The maximum Gasteiger partial charge on any atom is 0.350 e. The molecule has 1 aromatic rings. The van der Waals surface area contributed by atoms with Crippen molar-refractivity contribution in [1.82, 2.24) is 0 Å². The van der Waals surface area contributed by atoms with Crippen LogP contribution in [0.3, 0.4) is 0 Å². The van der Waals surface area contributed by atoms with Gasteiger partial charge < -0.3 is 20.1 Å². The zero-order valence-electron chi connectivity index (χ0n) is 8.26. The Kier molecular flexibility index (Phi) is 3.85. The van der Waals surface area contributed by atoms with Gasteiger partial charge in [-0.15, -0.1) is 0 Å². The highest BCUT2D eigenvalue weighted by atomic mass is 16.8. The van der Waals surface area contributed by atoms with E-state index in [1.54, 1.807) is 12.1 Å². The number of aliphatic hydroxyl groups excluding tert-OH is 1. The van der Waals surface area contributed by atoms with E-state index in [9.17, 15) is 10.2 Å². The maximum atomic E-state index is 9.42. The zero-order valence-corrected chi connectivity index (χ0v) is 8.26. The summed E-state index contributed by atoms with van der Waals surface area (Å²) in [5, 5.41) is 27.5. The van der Waals surface area contributed by atoms with Gasteiger partial charge in [0, 0.05) is 6.61 Å². The van der Waals surface area contributed by atoms with E-state index >= 15 is 0 Å². The molecule has 0 unspecified atom stereocenters. The van der Waals surface area contributed by atoms with Crippen molar-refractivity contribution in [2.75, 3.05) is 6.61 Å². The Labute approximate surface area is 88.1 Å². The molecule has 0 amide bonds. The van der Waals surface area contributed by atoms with Gasteiger partial charge in [-0.1, -0.05) is 18.7 Å². The molecule has 3 N–H and O–H groups in total. The lowest BCUT2D eigenvalue weighted by Gasteiger charge is -2.20. The van der Waals surface area contributed by atoms with Crippen LogP contribution in [0.25, 0.3) is 0 Å². The van der Waals surface area contributed by atoms with E-state index in [0.717, 1.165) is 11.8 Å². The highest BCUT2D eigenvalue weighted by Crippen LogP contribution is 2.20. The third-order valence-corrected chi connectivity index (χ3v) is 1.98. The fourth-order valence-corrected chi connectivity index (χ4v) is 1.20. The minimum Gasteiger partial charge on any atom is -0.444 e. The molecule has 0 aliphatic heterocycles. The van der Waals surface area contributed by atoms with Gasteiger partial charge in [0.25, 0.3) is 0 Å². The van der Waals surface area contributed by atoms with Gasteiger partial charge >= 0.3 is 5.97 Å². The van der Waals surface area contributed by atoms with Crippen LogP contribution in [0.15, 0.2) is 37.1 Å². The first kappa shape index (κ1) is 11.7. The fraction of sp³-hybridized carbons (Fsp3) is 0.273. The maximum absolute atomic E-state index is 9.42. The van der Waals surface area contributed by atoms with Gasteiger partial charge in [0.15, 0.2) is 0 Å². The number of hydrogen-bond acceptors (Lipinski definition) is 4. The molecule has 0 atom stereocenters. The Morgan fingerprint density at radius 3 is 2.33 bits per heavy atom. The van der Waals surface area contributed by atoms with Crippen molar-refractivity contribution in [3.63, 3.8) is 0 Å². The fourth-order valence-electron chi connectivity index (χ4n) is 1.20. The van der Waals surface area contributed by atoms with Crippen molar-refractivity contribution < 1.29 is 20.1 Å². The molecule has 0 aromatic heterocycles. The number of hydrogen-bond donors (Lipinski definition) is 3. The van der Waals surface area contributed by atoms with Gasteiger partial charge in [-0.05, 0) is 24.1 Å². The van der Waals surface area contributed by atoms with Crippen LogP contribution >= 0.6 is 0 Å². The molecule has 0 fully saturated rings. The Morgan fingerprint density at radius 2 is 1.87 bits per heavy atom. The lowest BCUT2D eigenvalue weighted by Crippen LogP contribution is -2.26. The van der Waals surface area contributed by atoms with Crippen molar-refractivity contribution in [2.24, 2.45) is 0 Å².